The number of anilines is 1. The van der Waals surface area contributed by atoms with E-state index in [0.717, 1.165) is 32.1 Å². The van der Waals surface area contributed by atoms with Crippen molar-refractivity contribution in [1.82, 2.24) is 24.8 Å². The molecule has 2 heterocycles. The Labute approximate surface area is 231 Å². The van der Waals surface area contributed by atoms with Crippen LogP contribution in [-0.2, 0) is 15.8 Å². The number of carbonyl (C=O) groups excluding carboxylic acids is 1. The molecule has 4 N–H and O–H groups in total. The van der Waals surface area contributed by atoms with Crippen LogP contribution < -0.4 is 10.6 Å². The summed E-state index contributed by atoms with van der Waals surface area (Å²) in [6.45, 7) is 3.19. The fourth-order valence-corrected chi connectivity index (χ4v) is 4.32. The van der Waals surface area contributed by atoms with E-state index >= 15 is 0 Å². The molecule has 0 aromatic carbocycles. The quantitative estimate of drug-likeness (QED) is 0.0829. The number of carbonyl (C=O) groups is 1. The van der Waals surface area contributed by atoms with E-state index in [0.29, 0.717) is 30.1 Å². The average Bonchev–Trinajstić information content (AvgIpc) is 3.32. The van der Waals surface area contributed by atoms with Crippen molar-refractivity contribution in [2.45, 2.75) is 90.5 Å². The summed E-state index contributed by atoms with van der Waals surface area (Å²) in [6.07, 6.45) is 25.4. The fourth-order valence-electron chi connectivity index (χ4n) is 3.95. The molecular formula is C27H45N6O5P. The van der Waals surface area contributed by atoms with Crippen molar-refractivity contribution in [3.05, 3.63) is 37.0 Å². The van der Waals surface area contributed by atoms with Gasteiger partial charge in [0.1, 0.15) is 12.7 Å². The highest BCUT2D eigenvalue weighted by Gasteiger charge is 2.14. The highest BCUT2D eigenvalue weighted by Crippen LogP contribution is 2.33. The van der Waals surface area contributed by atoms with Gasteiger partial charge in [0.25, 0.3) is 0 Å². The zero-order chi connectivity index (χ0) is 28.2. The molecule has 0 aliphatic carbocycles. The molecule has 11 nitrogen and oxygen atoms in total. The van der Waals surface area contributed by atoms with E-state index in [1.807, 2.05) is 0 Å². The molecule has 0 unspecified atom stereocenters. The predicted octanol–water partition coefficient (Wildman–Crippen LogP) is 5.91. The van der Waals surface area contributed by atoms with Gasteiger partial charge in [0.2, 0.25) is 0 Å². The SMILES string of the molecule is CCCCCC=CCC=CCCCCCCCCNC(=O)Nc1ncnc2c1ncn2CCOCP(=O)(O)O. The number of fused-ring (bicyclic) bond motifs is 1. The first-order valence-electron chi connectivity index (χ1n) is 14.0. The van der Waals surface area contributed by atoms with Crippen LogP contribution in [0.3, 0.4) is 0 Å². The van der Waals surface area contributed by atoms with Crippen LogP contribution in [0.2, 0.25) is 0 Å². The molecule has 0 bridgehead atoms. The van der Waals surface area contributed by atoms with Gasteiger partial charge in [0.05, 0.1) is 12.9 Å². The van der Waals surface area contributed by atoms with Crippen LogP contribution >= 0.6 is 7.60 Å². The number of rotatable bonds is 21. The zero-order valence-electron chi connectivity index (χ0n) is 23.1. The Kier molecular flexibility index (Phi) is 16.3. The van der Waals surface area contributed by atoms with Crippen molar-refractivity contribution in [2.24, 2.45) is 0 Å². The van der Waals surface area contributed by atoms with E-state index in [1.165, 1.54) is 57.6 Å². The lowest BCUT2D eigenvalue weighted by Crippen LogP contribution is -2.30. The molecular weight excluding hydrogens is 519 g/mol. The van der Waals surface area contributed by atoms with E-state index < -0.39 is 13.9 Å². The highest BCUT2D eigenvalue weighted by molar-refractivity contribution is 7.51. The molecule has 0 atom stereocenters. The largest absolute Gasteiger partial charge is 0.367 e. The van der Waals surface area contributed by atoms with Gasteiger partial charge in [-0.3, -0.25) is 9.88 Å². The molecule has 0 spiro atoms. The van der Waals surface area contributed by atoms with E-state index in [2.05, 4.69) is 56.8 Å². The third-order valence-corrected chi connectivity index (χ3v) is 6.55. The number of urea groups is 1. The Morgan fingerprint density at radius 2 is 1.67 bits per heavy atom. The molecule has 12 heteroatoms. The van der Waals surface area contributed by atoms with Crippen LogP contribution in [0, 0.1) is 0 Å². The van der Waals surface area contributed by atoms with Crippen LogP contribution in [0.15, 0.2) is 37.0 Å². The zero-order valence-corrected chi connectivity index (χ0v) is 24.0. The van der Waals surface area contributed by atoms with Gasteiger partial charge >= 0.3 is 13.6 Å². The Morgan fingerprint density at radius 1 is 0.974 bits per heavy atom. The molecule has 2 amide bonds. The first-order valence-corrected chi connectivity index (χ1v) is 15.8. The predicted molar refractivity (Wildman–Crippen MR) is 155 cm³/mol. The summed E-state index contributed by atoms with van der Waals surface area (Å²) in [7, 11) is -4.20. The minimum atomic E-state index is -4.20. The lowest BCUT2D eigenvalue weighted by molar-refractivity contribution is 0.149. The molecule has 0 saturated carbocycles. The van der Waals surface area contributed by atoms with E-state index in [4.69, 9.17) is 14.5 Å². The maximum absolute atomic E-state index is 12.3. The maximum atomic E-state index is 12.3. The Hall–Kier alpha value is -2.59. The average molecular weight is 565 g/mol. The molecule has 0 aliphatic rings. The van der Waals surface area contributed by atoms with Gasteiger partial charge < -0.3 is 24.4 Å². The molecule has 0 saturated heterocycles. The van der Waals surface area contributed by atoms with Gasteiger partial charge in [-0.1, -0.05) is 69.8 Å². The van der Waals surface area contributed by atoms with Gasteiger partial charge in [0, 0.05) is 13.1 Å². The molecule has 0 radical (unpaired) electrons. The van der Waals surface area contributed by atoms with Crippen molar-refractivity contribution >= 4 is 30.6 Å². The minimum absolute atomic E-state index is 0.0813. The molecule has 0 fully saturated rings. The normalized spacial score (nSPS) is 12.2. The number of nitrogens with one attached hydrogen (secondary N) is 2. The summed E-state index contributed by atoms with van der Waals surface area (Å²) in [4.78, 5) is 42.6. The van der Waals surface area contributed by atoms with Crippen LogP contribution in [0.25, 0.3) is 11.2 Å². The third-order valence-electron chi connectivity index (χ3n) is 6.03. The van der Waals surface area contributed by atoms with Crippen LogP contribution in [-0.4, -0.2) is 54.8 Å². The van der Waals surface area contributed by atoms with Crippen LogP contribution in [0.1, 0.15) is 84.0 Å². The second-order valence-electron chi connectivity index (χ2n) is 9.50. The minimum Gasteiger partial charge on any atom is -0.367 e. The summed E-state index contributed by atoms with van der Waals surface area (Å²) in [5.41, 5.74) is 0.918. The summed E-state index contributed by atoms with van der Waals surface area (Å²) >= 11 is 0. The lowest BCUT2D eigenvalue weighted by atomic mass is 10.1. The van der Waals surface area contributed by atoms with Crippen molar-refractivity contribution in [1.29, 1.82) is 0 Å². The molecule has 218 valence electrons. The molecule has 0 aliphatic heterocycles. The highest BCUT2D eigenvalue weighted by atomic mass is 31.2. The first kappa shape index (κ1) is 32.6. The van der Waals surface area contributed by atoms with E-state index in [9.17, 15) is 9.36 Å². The molecule has 2 aromatic heterocycles. The fraction of sp³-hybridized carbons (Fsp3) is 0.630. The van der Waals surface area contributed by atoms with Gasteiger partial charge in [-0.25, -0.2) is 19.7 Å². The second-order valence-corrected chi connectivity index (χ2v) is 11.1. The first-order chi connectivity index (χ1) is 18.9. The third kappa shape index (κ3) is 15.0. The van der Waals surface area contributed by atoms with Gasteiger partial charge in [-0.05, 0) is 38.5 Å². The number of unbranched alkanes of at least 4 members (excludes halogenated alkanes) is 9. The second kappa shape index (κ2) is 19.5. The molecule has 2 aromatic rings. The number of nitrogens with zero attached hydrogens (tertiary/aromatic N) is 4. The maximum Gasteiger partial charge on any atom is 0.350 e. The Balaban J connectivity index is 1.53. The lowest BCUT2D eigenvalue weighted by Gasteiger charge is -2.08. The Bertz CT molecular complexity index is 1070. The van der Waals surface area contributed by atoms with Gasteiger partial charge in [-0.2, -0.15) is 0 Å². The number of allylic oxidation sites excluding steroid dienone is 4. The summed E-state index contributed by atoms with van der Waals surface area (Å²) in [6, 6.07) is -0.350. The summed E-state index contributed by atoms with van der Waals surface area (Å²) in [5, 5.41) is 5.57. The van der Waals surface area contributed by atoms with Crippen LogP contribution in [0.4, 0.5) is 10.6 Å². The van der Waals surface area contributed by atoms with Gasteiger partial charge in [-0.15, -0.1) is 0 Å². The molecule has 2 rings (SSSR count). The van der Waals surface area contributed by atoms with E-state index in [-0.39, 0.29) is 12.6 Å². The van der Waals surface area contributed by atoms with Gasteiger partial charge in [0.15, 0.2) is 17.0 Å². The van der Waals surface area contributed by atoms with Crippen molar-refractivity contribution in [3.63, 3.8) is 0 Å². The Morgan fingerprint density at radius 3 is 2.38 bits per heavy atom. The topological polar surface area (TPSA) is 151 Å². The monoisotopic (exact) mass is 564 g/mol. The number of hydrogen-bond donors (Lipinski definition) is 4. The van der Waals surface area contributed by atoms with Crippen molar-refractivity contribution < 1.29 is 23.9 Å². The number of hydrogen-bond acceptors (Lipinski definition) is 6. The number of imidazole rings is 1. The van der Waals surface area contributed by atoms with E-state index in [1.54, 1.807) is 4.57 Å². The number of amides is 2. The van der Waals surface area contributed by atoms with Crippen molar-refractivity contribution in [3.8, 4) is 0 Å². The standard InChI is InChI=1S/C27H45N6O5P/c1-2-3-4-5-6-7-8-9-10-11-12-13-14-15-16-17-18-28-27(34)32-25-24-26(30-21-29-25)33(22-31-24)19-20-38-23-39(35,36)37/h6-7,9-10,21-22H,2-5,8,11-20,23H2,1H3,(H2,35,36,37)(H2,28,29,30,32,34). The molecule has 39 heavy (non-hydrogen) atoms. The van der Waals surface area contributed by atoms with Crippen LogP contribution in [0.5, 0.6) is 0 Å². The van der Waals surface area contributed by atoms with Crippen molar-refractivity contribution in [2.75, 3.05) is 24.8 Å². The summed E-state index contributed by atoms with van der Waals surface area (Å²) < 4.78 is 17.5. The summed E-state index contributed by atoms with van der Waals surface area (Å²) in [5.74, 6) is 0.296. The number of aromatic nitrogens is 4. The smallest absolute Gasteiger partial charge is 0.350 e. The number of ether oxygens (including phenoxy) is 1.